The van der Waals surface area contributed by atoms with Crippen molar-refractivity contribution in [3.05, 3.63) is 38.3 Å². The summed E-state index contributed by atoms with van der Waals surface area (Å²) in [5.41, 5.74) is 5.54. The molecule has 80 valence electrons. The van der Waals surface area contributed by atoms with Crippen molar-refractivity contribution in [1.29, 1.82) is 0 Å². The number of nitro benzene ring substituents is 1. The van der Waals surface area contributed by atoms with Gasteiger partial charge < -0.3 is 10.8 Å². The van der Waals surface area contributed by atoms with Gasteiger partial charge in [-0.2, -0.15) is 0 Å². The summed E-state index contributed by atoms with van der Waals surface area (Å²) in [5.74, 6) is -1.19. The third kappa shape index (κ3) is 2.51. The third-order valence-corrected chi connectivity index (χ3v) is 2.48. The van der Waals surface area contributed by atoms with Crippen LogP contribution in [0.3, 0.4) is 0 Å². The number of benzene rings is 1. The number of carbonyl (C=O) groups is 1. The molecule has 1 unspecified atom stereocenters. The molecule has 0 saturated carbocycles. The molecule has 0 bridgehead atoms. The number of nitrogens with two attached hydrogens (primary N) is 1. The summed E-state index contributed by atoms with van der Waals surface area (Å²) in [5, 5.41) is 19.1. The zero-order valence-corrected chi connectivity index (χ0v) is 8.97. The molecule has 6 nitrogen and oxygen atoms in total. The summed E-state index contributed by atoms with van der Waals surface area (Å²) in [6.45, 7) is 0. The highest BCUT2D eigenvalue weighted by Gasteiger charge is 2.19. The fourth-order valence-electron chi connectivity index (χ4n) is 1.01. The van der Waals surface area contributed by atoms with Crippen LogP contribution in [-0.2, 0) is 4.79 Å². The molecule has 0 aliphatic carbocycles. The fourth-order valence-corrected chi connectivity index (χ4v) is 1.63. The number of hydrogen-bond acceptors (Lipinski definition) is 4. The molecular weight excluding hydrogens is 268 g/mol. The first-order valence-corrected chi connectivity index (χ1v) is 4.65. The smallest absolute Gasteiger partial charge is 0.325 e. The molecule has 3 N–H and O–H groups in total. The summed E-state index contributed by atoms with van der Waals surface area (Å²) in [6.07, 6.45) is 0. The second kappa shape index (κ2) is 4.37. The van der Waals surface area contributed by atoms with Crippen molar-refractivity contribution < 1.29 is 14.8 Å². The number of rotatable bonds is 3. The van der Waals surface area contributed by atoms with Gasteiger partial charge in [-0.3, -0.25) is 14.9 Å². The second-order valence-corrected chi connectivity index (χ2v) is 3.63. The van der Waals surface area contributed by atoms with E-state index in [4.69, 9.17) is 10.8 Å². The molecule has 1 aromatic rings. The van der Waals surface area contributed by atoms with Gasteiger partial charge in [0.05, 0.1) is 4.92 Å². The molecule has 1 rings (SSSR count). The van der Waals surface area contributed by atoms with Gasteiger partial charge in [0.25, 0.3) is 5.69 Å². The van der Waals surface area contributed by atoms with Crippen LogP contribution in [0.15, 0.2) is 22.7 Å². The number of halogens is 1. The minimum absolute atomic E-state index is 0.122. The lowest BCUT2D eigenvalue weighted by molar-refractivity contribution is -0.384. The topological polar surface area (TPSA) is 106 Å². The summed E-state index contributed by atoms with van der Waals surface area (Å²) in [4.78, 5) is 20.4. The number of nitro groups is 1. The molecular formula is C8H7BrN2O4. The Balaban J connectivity index is 3.13. The van der Waals surface area contributed by atoms with E-state index in [2.05, 4.69) is 15.9 Å². The first kappa shape index (κ1) is 11.6. The predicted molar refractivity (Wildman–Crippen MR) is 55.4 cm³/mol. The number of non-ortho nitro benzene ring substituents is 1. The normalized spacial score (nSPS) is 12.1. The maximum absolute atomic E-state index is 10.6. The zero-order chi connectivity index (χ0) is 11.6. The molecule has 1 atom stereocenters. The number of carboxylic acids is 1. The van der Waals surface area contributed by atoms with Gasteiger partial charge in [0.2, 0.25) is 0 Å². The van der Waals surface area contributed by atoms with Gasteiger partial charge >= 0.3 is 5.97 Å². The Morgan fingerprint density at radius 1 is 1.60 bits per heavy atom. The molecule has 1 aromatic carbocycles. The highest BCUT2D eigenvalue weighted by atomic mass is 79.9. The average molecular weight is 275 g/mol. The Bertz CT molecular complexity index is 421. The zero-order valence-electron chi connectivity index (χ0n) is 7.38. The number of carboxylic acid groups (broad SMARTS) is 1. The van der Waals surface area contributed by atoms with Crippen LogP contribution in [0.1, 0.15) is 11.6 Å². The molecule has 0 aromatic heterocycles. The van der Waals surface area contributed by atoms with Crippen molar-refractivity contribution in [2.75, 3.05) is 0 Å². The van der Waals surface area contributed by atoms with Crippen LogP contribution in [0.2, 0.25) is 0 Å². The van der Waals surface area contributed by atoms with E-state index in [9.17, 15) is 14.9 Å². The van der Waals surface area contributed by atoms with Gasteiger partial charge in [0, 0.05) is 16.6 Å². The summed E-state index contributed by atoms with van der Waals surface area (Å²) >= 11 is 3.04. The minimum Gasteiger partial charge on any atom is -0.480 e. The van der Waals surface area contributed by atoms with Crippen LogP contribution in [-0.4, -0.2) is 16.0 Å². The van der Waals surface area contributed by atoms with Crippen molar-refractivity contribution in [3.63, 3.8) is 0 Å². The maximum Gasteiger partial charge on any atom is 0.325 e. The first-order chi connectivity index (χ1) is 6.93. The van der Waals surface area contributed by atoms with Crippen LogP contribution >= 0.6 is 15.9 Å². The van der Waals surface area contributed by atoms with Gasteiger partial charge in [-0.1, -0.05) is 15.9 Å². The molecule has 0 heterocycles. The lowest BCUT2D eigenvalue weighted by Gasteiger charge is -2.08. The van der Waals surface area contributed by atoms with Crippen molar-refractivity contribution in [1.82, 2.24) is 0 Å². The van der Waals surface area contributed by atoms with Gasteiger partial charge in [-0.15, -0.1) is 0 Å². The van der Waals surface area contributed by atoms with Gasteiger partial charge in [0.1, 0.15) is 6.04 Å². The van der Waals surface area contributed by atoms with E-state index in [0.717, 1.165) is 0 Å². The Kier molecular flexibility index (Phi) is 3.38. The van der Waals surface area contributed by atoms with E-state index in [1.807, 2.05) is 0 Å². The van der Waals surface area contributed by atoms with E-state index < -0.39 is 16.9 Å². The molecule has 7 heteroatoms. The maximum atomic E-state index is 10.6. The van der Waals surface area contributed by atoms with Crippen molar-refractivity contribution >= 4 is 27.6 Å². The molecule has 0 spiro atoms. The van der Waals surface area contributed by atoms with Crippen LogP contribution in [0.4, 0.5) is 5.69 Å². The quantitative estimate of drug-likeness (QED) is 0.641. The lowest BCUT2D eigenvalue weighted by atomic mass is 10.1. The molecule has 0 aliphatic rings. The Labute approximate surface area is 93.0 Å². The standard InChI is InChI=1S/C8H7BrN2O4/c9-6-3-4(11(14)15)1-2-5(6)7(10)8(12)13/h1-3,7H,10H2,(H,12,13). The van der Waals surface area contributed by atoms with E-state index in [1.54, 1.807) is 0 Å². The highest BCUT2D eigenvalue weighted by Crippen LogP contribution is 2.26. The predicted octanol–water partition coefficient (Wildman–Crippen LogP) is 1.44. The van der Waals surface area contributed by atoms with E-state index in [1.165, 1.54) is 18.2 Å². The van der Waals surface area contributed by atoms with E-state index in [-0.39, 0.29) is 5.69 Å². The number of hydrogen-bond donors (Lipinski definition) is 2. The Morgan fingerprint density at radius 3 is 2.60 bits per heavy atom. The van der Waals surface area contributed by atoms with Crippen LogP contribution in [0, 0.1) is 10.1 Å². The van der Waals surface area contributed by atoms with E-state index >= 15 is 0 Å². The molecule has 15 heavy (non-hydrogen) atoms. The second-order valence-electron chi connectivity index (χ2n) is 2.78. The highest BCUT2D eigenvalue weighted by molar-refractivity contribution is 9.10. The summed E-state index contributed by atoms with van der Waals surface area (Å²) in [6, 6.07) is 2.56. The monoisotopic (exact) mass is 274 g/mol. The summed E-state index contributed by atoms with van der Waals surface area (Å²) < 4.78 is 0.312. The third-order valence-electron chi connectivity index (χ3n) is 1.80. The average Bonchev–Trinajstić information content (AvgIpc) is 2.16. The van der Waals surface area contributed by atoms with Gasteiger partial charge in [0.15, 0.2) is 0 Å². The Hall–Kier alpha value is -1.47. The van der Waals surface area contributed by atoms with Crippen LogP contribution in [0.5, 0.6) is 0 Å². The first-order valence-electron chi connectivity index (χ1n) is 3.85. The SMILES string of the molecule is NC(C(=O)O)c1ccc([N+](=O)[O-])cc1Br. The van der Waals surface area contributed by atoms with Crippen molar-refractivity contribution in [3.8, 4) is 0 Å². The number of nitrogens with zero attached hydrogens (tertiary/aromatic N) is 1. The molecule has 0 radical (unpaired) electrons. The Morgan fingerprint density at radius 2 is 2.20 bits per heavy atom. The lowest BCUT2D eigenvalue weighted by Crippen LogP contribution is -2.21. The van der Waals surface area contributed by atoms with Gasteiger partial charge in [-0.05, 0) is 11.6 Å². The minimum atomic E-state index is -1.19. The fraction of sp³-hybridized carbons (Fsp3) is 0.125. The largest absolute Gasteiger partial charge is 0.480 e. The molecule has 0 fully saturated rings. The molecule has 0 aliphatic heterocycles. The van der Waals surface area contributed by atoms with Gasteiger partial charge in [-0.25, -0.2) is 0 Å². The van der Waals surface area contributed by atoms with Crippen molar-refractivity contribution in [2.24, 2.45) is 5.73 Å². The van der Waals surface area contributed by atoms with Crippen LogP contribution in [0.25, 0.3) is 0 Å². The molecule has 0 saturated heterocycles. The van der Waals surface area contributed by atoms with Crippen LogP contribution < -0.4 is 5.73 Å². The van der Waals surface area contributed by atoms with Crippen molar-refractivity contribution in [2.45, 2.75) is 6.04 Å². The molecule has 0 amide bonds. The summed E-state index contributed by atoms with van der Waals surface area (Å²) in [7, 11) is 0. The number of aliphatic carboxylic acids is 1. The van der Waals surface area contributed by atoms with E-state index in [0.29, 0.717) is 10.0 Å².